The van der Waals surface area contributed by atoms with Crippen LogP contribution in [-0.2, 0) is 5.41 Å². The maximum atomic E-state index is 9.32. The van der Waals surface area contributed by atoms with Crippen molar-refractivity contribution in [2.24, 2.45) is 0 Å². The van der Waals surface area contributed by atoms with Crippen LogP contribution in [0.2, 0.25) is 0 Å². The van der Waals surface area contributed by atoms with Crippen molar-refractivity contribution in [1.29, 1.82) is 0 Å². The first-order chi connectivity index (χ1) is 7.81. The van der Waals surface area contributed by atoms with Crippen molar-refractivity contribution < 1.29 is 9.84 Å². The van der Waals surface area contributed by atoms with Crippen molar-refractivity contribution in [1.82, 2.24) is 0 Å². The summed E-state index contributed by atoms with van der Waals surface area (Å²) in [6.07, 6.45) is 0. The van der Waals surface area contributed by atoms with E-state index < -0.39 is 0 Å². The second-order valence-electron chi connectivity index (χ2n) is 5.41. The van der Waals surface area contributed by atoms with Crippen LogP contribution in [0.15, 0.2) is 16.6 Å². The minimum Gasteiger partial charge on any atom is -0.495 e. The first-order valence-corrected chi connectivity index (χ1v) is 6.59. The fraction of sp³-hybridized carbons (Fsp3) is 0.571. The quantitative estimate of drug-likeness (QED) is 0.919. The summed E-state index contributed by atoms with van der Waals surface area (Å²) in [5.41, 5.74) is 2.37. The number of aliphatic hydroxyl groups excluding tert-OH is 1. The van der Waals surface area contributed by atoms with E-state index >= 15 is 0 Å². The molecule has 96 valence electrons. The van der Waals surface area contributed by atoms with Crippen LogP contribution in [0.3, 0.4) is 0 Å². The number of hydrogen-bond acceptors (Lipinski definition) is 2. The summed E-state index contributed by atoms with van der Waals surface area (Å²) >= 11 is 3.54. The van der Waals surface area contributed by atoms with E-state index in [-0.39, 0.29) is 17.9 Å². The van der Waals surface area contributed by atoms with Crippen LogP contribution in [0.5, 0.6) is 5.75 Å². The number of hydrogen-bond donors (Lipinski definition) is 1. The number of benzene rings is 1. The Labute approximate surface area is 112 Å². The van der Waals surface area contributed by atoms with Crippen molar-refractivity contribution >= 4 is 15.9 Å². The number of methoxy groups -OCH3 is 1. The highest BCUT2D eigenvalue weighted by Gasteiger charge is 2.20. The first-order valence-electron chi connectivity index (χ1n) is 5.80. The highest BCUT2D eigenvalue weighted by Crippen LogP contribution is 2.38. The zero-order chi connectivity index (χ0) is 13.2. The Balaban J connectivity index is 3.39. The summed E-state index contributed by atoms with van der Waals surface area (Å²) in [6.45, 7) is 8.64. The molecule has 0 bridgehead atoms. The Morgan fingerprint density at radius 2 is 1.94 bits per heavy atom. The zero-order valence-electron chi connectivity index (χ0n) is 11.2. The molecule has 0 fully saturated rings. The van der Waals surface area contributed by atoms with Crippen LogP contribution in [0.1, 0.15) is 44.7 Å². The summed E-state index contributed by atoms with van der Waals surface area (Å²) in [5.74, 6) is 0.892. The van der Waals surface area contributed by atoms with Gasteiger partial charge in [-0.3, -0.25) is 0 Å². The van der Waals surface area contributed by atoms with Gasteiger partial charge in [0.05, 0.1) is 11.6 Å². The molecule has 0 amide bonds. The minimum absolute atomic E-state index is 0.0727. The molecular weight excluding hydrogens is 280 g/mol. The molecule has 0 aliphatic rings. The van der Waals surface area contributed by atoms with Crippen LogP contribution in [0.25, 0.3) is 0 Å². The van der Waals surface area contributed by atoms with Crippen LogP contribution < -0.4 is 4.74 Å². The van der Waals surface area contributed by atoms with E-state index in [1.807, 2.05) is 6.92 Å². The molecular formula is C14H21BrO2. The zero-order valence-corrected chi connectivity index (χ0v) is 12.8. The van der Waals surface area contributed by atoms with Gasteiger partial charge in [-0.05, 0) is 33.0 Å². The molecule has 1 aromatic carbocycles. The summed E-state index contributed by atoms with van der Waals surface area (Å²) in [6, 6.07) is 4.22. The second-order valence-corrected chi connectivity index (χ2v) is 6.27. The van der Waals surface area contributed by atoms with Crippen LogP contribution in [0, 0.1) is 0 Å². The van der Waals surface area contributed by atoms with Gasteiger partial charge < -0.3 is 9.84 Å². The van der Waals surface area contributed by atoms with Crippen molar-refractivity contribution in [3.8, 4) is 5.75 Å². The van der Waals surface area contributed by atoms with E-state index in [4.69, 9.17) is 4.74 Å². The highest BCUT2D eigenvalue weighted by atomic mass is 79.9. The maximum Gasteiger partial charge on any atom is 0.136 e. The summed E-state index contributed by atoms with van der Waals surface area (Å²) in [4.78, 5) is 0. The molecule has 17 heavy (non-hydrogen) atoms. The van der Waals surface area contributed by atoms with Gasteiger partial charge in [0.2, 0.25) is 0 Å². The lowest BCUT2D eigenvalue weighted by molar-refractivity contribution is 0.269. The van der Waals surface area contributed by atoms with Gasteiger partial charge in [-0.25, -0.2) is 0 Å². The predicted octanol–water partition coefficient (Wildman–Crippen LogP) is 3.85. The Bertz CT molecular complexity index is 394. The van der Waals surface area contributed by atoms with Crippen LogP contribution in [-0.4, -0.2) is 18.8 Å². The summed E-state index contributed by atoms with van der Waals surface area (Å²) < 4.78 is 6.36. The van der Waals surface area contributed by atoms with Gasteiger partial charge in [-0.2, -0.15) is 0 Å². The van der Waals surface area contributed by atoms with Gasteiger partial charge in [0, 0.05) is 18.1 Å². The normalized spacial score (nSPS) is 13.6. The van der Waals surface area contributed by atoms with Crippen LogP contribution in [0.4, 0.5) is 0 Å². The Hall–Kier alpha value is -0.540. The fourth-order valence-electron chi connectivity index (χ4n) is 1.73. The monoisotopic (exact) mass is 300 g/mol. The Morgan fingerprint density at radius 1 is 1.35 bits per heavy atom. The van der Waals surface area contributed by atoms with Crippen molar-refractivity contribution in [3.63, 3.8) is 0 Å². The molecule has 0 saturated heterocycles. The lowest BCUT2D eigenvalue weighted by Crippen LogP contribution is -2.13. The third-order valence-corrected chi connectivity index (χ3v) is 3.54. The lowest BCUT2D eigenvalue weighted by Gasteiger charge is -2.23. The minimum atomic E-state index is 0.0727. The van der Waals surface area contributed by atoms with E-state index in [2.05, 4.69) is 48.8 Å². The molecule has 0 aliphatic carbocycles. The predicted molar refractivity (Wildman–Crippen MR) is 74.9 cm³/mol. The largest absolute Gasteiger partial charge is 0.495 e. The SMILES string of the molecule is COc1c(Br)cc(C(C)(C)C)cc1C(C)CO. The topological polar surface area (TPSA) is 29.5 Å². The third-order valence-electron chi connectivity index (χ3n) is 2.95. The molecule has 0 heterocycles. The van der Waals surface area contributed by atoms with Gasteiger partial charge in [0.1, 0.15) is 5.75 Å². The Kier molecular flexibility index (Phi) is 4.62. The fourth-order valence-corrected chi connectivity index (χ4v) is 2.36. The number of ether oxygens (including phenoxy) is 1. The number of halogens is 1. The number of aliphatic hydroxyl groups is 1. The smallest absolute Gasteiger partial charge is 0.136 e. The van der Waals surface area contributed by atoms with E-state index in [1.54, 1.807) is 7.11 Å². The van der Waals surface area contributed by atoms with Gasteiger partial charge in [-0.1, -0.05) is 33.8 Å². The van der Waals surface area contributed by atoms with Crippen LogP contribution >= 0.6 is 15.9 Å². The molecule has 1 N–H and O–H groups in total. The molecule has 1 aromatic rings. The summed E-state index contributed by atoms with van der Waals surface area (Å²) in [7, 11) is 1.66. The standard InChI is InChI=1S/C14H21BrO2/c1-9(8-16)11-6-10(14(2,3)4)7-12(15)13(11)17-5/h6-7,9,16H,8H2,1-5H3. The van der Waals surface area contributed by atoms with E-state index in [9.17, 15) is 5.11 Å². The third kappa shape index (κ3) is 3.23. The Morgan fingerprint density at radius 3 is 2.35 bits per heavy atom. The van der Waals surface area contributed by atoms with E-state index in [0.29, 0.717) is 0 Å². The molecule has 1 rings (SSSR count). The van der Waals surface area contributed by atoms with Crippen molar-refractivity contribution in [2.45, 2.75) is 39.0 Å². The average Bonchev–Trinajstić information content (AvgIpc) is 2.25. The van der Waals surface area contributed by atoms with Gasteiger partial charge in [0.15, 0.2) is 0 Å². The van der Waals surface area contributed by atoms with E-state index in [1.165, 1.54) is 5.56 Å². The molecule has 2 nitrogen and oxygen atoms in total. The molecule has 0 radical (unpaired) electrons. The highest BCUT2D eigenvalue weighted by molar-refractivity contribution is 9.10. The lowest BCUT2D eigenvalue weighted by atomic mass is 9.84. The van der Waals surface area contributed by atoms with Gasteiger partial charge in [0.25, 0.3) is 0 Å². The van der Waals surface area contributed by atoms with Gasteiger partial charge >= 0.3 is 0 Å². The molecule has 1 unspecified atom stereocenters. The number of rotatable bonds is 3. The molecule has 0 aromatic heterocycles. The second kappa shape index (κ2) is 5.40. The molecule has 0 spiro atoms. The molecule has 1 atom stereocenters. The summed E-state index contributed by atoms with van der Waals surface area (Å²) in [5, 5.41) is 9.32. The molecule has 0 aliphatic heterocycles. The first kappa shape index (κ1) is 14.5. The van der Waals surface area contributed by atoms with Crippen molar-refractivity contribution in [2.75, 3.05) is 13.7 Å². The average molecular weight is 301 g/mol. The van der Waals surface area contributed by atoms with E-state index in [0.717, 1.165) is 15.8 Å². The molecule has 0 saturated carbocycles. The van der Waals surface area contributed by atoms with Crippen molar-refractivity contribution in [3.05, 3.63) is 27.7 Å². The maximum absolute atomic E-state index is 9.32. The molecule has 3 heteroatoms. The van der Waals surface area contributed by atoms with Gasteiger partial charge in [-0.15, -0.1) is 0 Å².